The Morgan fingerprint density at radius 3 is 2.75 bits per heavy atom. The standard InChI is InChI=1S/C22H30N2O3S/c1-4-12-24-13-6-8-18(16-24)21-15-19(10-11-22(21)27-3)23-28(25,26)20-9-5-7-17(2)14-20/h5,7,9-11,14-15,18,23H,4,6,8,12-13,16H2,1-3H3. The number of benzene rings is 2. The molecule has 1 unspecified atom stereocenters. The molecule has 0 spiro atoms. The maximum absolute atomic E-state index is 12.8. The third-order valence-corrected chi connectivity index (χ3v) is 6.65. The van der Waals surface area contributed by atoms with Gasteiger partial charge in [-0.05, 0) is 75.2 Å². The first kappa shape index (κ1) is 20.7. The van der Waals surface area contributed by atoms with Crippen LogP contribution in [0.3, 0.4) is 0 Å². The van der Waals surface area contributed by atoms with Crippen LogP contribution in [0.25, 0.3) is 0 Å². The van der Waals surface area contributed by atoms with Gasteiger partial charge in [-0.25, -0.2) is 8.42 Å². The van der Waals surface area contributed by atoms with Gasteiger partial charge in [0.25, 0.3) is 10.0 Å². The Morgan fingerprint density at radius 2 is 2.04 bits per heavy atom. The number of nitrogens with one attached hydrogen (secondary N) is 1. The number of anilines is 1. The van der Waals surface area contributed by atoms with Gasteiger partial charge in [0.05, 0.1) is 12.0 Å². The minimum Gasteiger partial charge on any atom is -0.496 e. The number of nitrogens with zero attached hydrogens (tertiary/aromatic N) is 1. The highest BCUT2D eigenvalue weighted by atomic mass is 32.2. The number of hydrogen-bond donors (Lipinski definition) is 1. The van der Waals surface area contributed by atoms with Gasteiger partial charge in [0, 0.05) is 23.7 Å². The summed E-state index contributed by atoms with van der Waals surface area (Å²) in [6.07, 6.45) is 3.37. The molecule has 0 saturated carbocycles. The molecular weight excluding hydrogens is 372 g/mol. The second kappa shape index (κ2) is 8.97. The maximum atomic E-state index is 12.8. The first-order valence-electron chi connectivity index (χ1n) is 9.92. The molecule has 1 aliphatic heterocycles. The summed E-state index contributed by atoms with van der Waals surface area (Å²) in [4.78, 5) is 2.76. The Kier molecular flexibility index (Phi) is 6.62. The molecule has 1 aliphatic rings. The van der Waals surface area contributed by atoms with E-state index in [1.807, 2.05) is 25.1 Å². The van der Waals surface area contributed by atoms with E-state index in [4.69, 9.17) is 4.74 Å². The fourth-order valence-corrected chi connectivity index (χ4v) is 5.10. The molecule has 1 heterocycles. The summed E-state index contributed by atoms with van der Waals surface area (Å²) in [5, 5.41) is 0. The predicted octanol–water partition coefficient (Wildman–Crippen LogP) is 4.39. The zero-order chi connectivity index (χ0) is 20.1. The van der Waals surface area contributed by atoms with Crippen LogP contribution >= 0.6 is 0 Å². The van der Waals surface area contributed by atoms with Crippen LogP contribution in [-0.2, 0) is 10.0 Å². The lowest BCUT2D eigenvalue weighted by molar-refractivity contribution is 0.206. The molecule has 6 heteroatoms. The SMILES string of the molecule is CCCN1CCCC(c2cc(NS(=O)(=O)c3cccc(C)c3)ccc2OC)C1. The fourth-order valence-electron chi connectivity index (χ4n) is 3.94. The summed E-state index contributed by atoms with van der Waals surface area (Å²) in [5.74, 6) is 1.17. The van der Waals surface area contributed by atoms with Crippen LogP contribution in [0.1, 0.15) is 43.2 Å². The van der Waals surface area contributed by atoms with E-state index in [1.54, 1.807) is 31.4 Å². The topological polar surface area (TPSA) is 58.6 Å². The van der Waals surface area contributed by atoms with Crippen molar-refractivity contribution in [2.24, 2.45) is 0 Å². The van der Waals surface area contributed by atoms with E-state index in [0.717, 1.165) is 55.8 Å². The van der Waals surface area contributed by atoms with Gasteiger partial charge in [0.15, 0.2) is 0 Å². The maximum Gasteiger partial charge on any atom is 0.261 e. The summed E-state index contributed by atoms with van der Waals surface area (Å²) < 4.78 is 33.9. The normalized spacial score (nSPS) is 18.0. The summed E-state index contributed by atoms with van der Waals surface area (Å²) in [5.41, 5.74) is 2.56. The molecule has 5 nitrogen and oxygen atoms in total. The largest absolute Gasteiger partial charge is 0.496 e. The van der Waals surface area contributed by atoms with Crippen LogP contribution in [0.4, 0.5) is 5.69 Å². The van der Waals surface area contributed by atoms with Crippen molar-refractivity contribution in [2.45, 2.75) is 43.9 Å². The van der Waals surface area contributed by atoms with Crippen molar-refractivity contribution in [3.63, 3.8) is 0 Å². The quantitative estimate of drug-likeness (QED) is 0.746. The molecule has 152 valence electrons. The Bertz CT molecular complexity index is 910. The average molecular weight is 403 g/mol. The van der Waals surface area contributed by atoms with Crippen LogP contribution in [0.5, 0.6) is 5.75 Å². The number of aryl methyl sites for hydroxylation is 1. The second-order valence-corrected chi connectivity index (χ2v) is 9.20. The van der Waals surface area contributed by atoms with Gasteiger partial charge in [0.2, 0.25) is 0 Å². The van der Waals surface area contributed by atoms with Crippen LogP contribution in [0, 0.1) is 6.92 Å². The number of rotatable bonds is 7. The van der Waals surface area contributed by atoms with Crippen molar-refractivity contribution < 1.29 is 13.2 Å². The molecule has 28 heavy (non-hydrogen) atoms. The number of piperidine rings is 1. The molecule has 0 bridgehead atoms. The molecule has 1 fully saturated rings. The minimum atomic E-state index is -3.62. The first-order chi connectivity index (χ1) is 13.4. The second-order valence-electron chi connectivity index (χ2n) is 7.52. The molecule has 0 aliphatic carbocycles. The number of methoxy groups -OCH3 is 1. The van der Waals surface area contributed by atoms with Crippen molar-refractivity contribution in [3.8, 4) is 5.75 Å². The van der Waals surface area contributed by atoms with E-state index in [-0.39, 0.29) is 4.90 Å². The average Bonchev–Trinajstić information content (AvgIpc) is 2.68. The Morgan fingerprint density at radius 1 is 1.21 bits per heavy atom. The third kappa shape index (κ3) is 4.86. The van der Waals surface area contributed by atoms with Gasteiger partial charge in [-0.3, -0.25) is 4.72 Å². The van der Waals surface area contributed by atoms with E-state index >= 15 is 0 Å². The highest BCUT2D eigenvalue weighted by Gasteiger charge is 2.24. The lowest BCUT2D eigenvalue weighted by Crippen LogP contribution is -2.35. The van der Waals surface area contributed by atoms with Crippen molar-refractivity contribution >= 4 is 15.7 Å². The van der Waals surface area contributed by atoms with E-state index in [1.165, 1.54) is 0 Å². The highest BCUT2D eigenvalue weighted by molar-refractivity contribution is 7.92. The van der Waals surface area contributed by atoms with Gasteiger partial charge in [-0.1, -0.05) is 19.1 Å². The summed E-state index contributed by atoms with van der Waals surface area (Å²) in [6, 6.07) is 12.5. The van der Waals surface area contributed by atoms with Crippen molar-refractivity contribution in [1.82, 2.24) is 4.90 Å². The fraction of sp³-hybridized carbons (Fsp3) is 0.455. The zero-order valence-electron chi connectivity index (χ0n) is 16.9. The van der Waals surface area contributed by atoms with Gasteiger partial charge >= 0.3 is 0 Å². The van der Waals surface area contributed by atoms with Gasteiger partial charge < -0.3 is 9.64 Å². The molecule has 1 saturated heterocycles. The predicted molar refractivity (Wildman–Crippen MR) is 114 cm³/mol. The lowest BCUT2D eigenvalue weighted by atomic mass is 9.89. The van der Waals surface area contributed by atoms with Crippen molar-refractivity contribution in [1.29, 1.82) is 0 Å². The van der Waals surface area contributed by atoms with Crippen LogP contribution in [-0.4, -0.2) is 40.1 Å². The first-order valence-corrected chi connectivity index (χ1v) is 11.4. The molecule has 0 aromatic heterocycles. The highest BCUT2D eigenvalue weighted by Crippen LogP contribution is 2.35. The van der Waals surface area contributed by atoms with Crippen LogP contribution in [0.2, 0.25) is 0 Å². The third-order valence-electron chi connectivity index (χ3n) is 5.27. The molecule has 1 atom stereocenters. The summed E-state index contributed by atoms with van der Waals surface area (Å²) in [6.45, 7) is 7.30. The minimum absolute atomic E-state index is 0.275. The molecule has 3 rings (SSSR count). The van der Waals surface area contributed by atoms with Gasteiger partial charge in [-0.2, -0.15) is 0 Å². The molecule has 2 aromatic carbocycles. The molecule has 0 amide bonds. The van der Waals surface area contributed by atoms with E-state index < -0.39 is 10.0 Å². The number of ether oxygens (including phenoxy) is 1. The van der Waals surface area contributed by atoms with E-state index in [2.05, 4.69) is 16.5 Å². The Hall–Kier alpha value is -2.05. The van der Waals surface area contributed by atoms with E-state index in [9.17, 15) is 8.42 Å². The van der Waals surface area contributed by atoms with E-state index in [0.29, 0.717) is 11.6 Å². The smallest absolute Gasteiger partial charge is 0.261 e. The molecular formula is C22H30N2O3S. The van der Waals surface area contributed by atoms with Crippen LogP contribution < -0.4 is 9.46 Å². The van der Waals surface area contributed by atoms with Gasteiger partial charge in [0.1, 0.15) is 5.75 Å². The molecule has 0 radical (unpaired) electrons. The number of sulfonamides is 1. The zero-order valence-corrected chi connectivity index (χ0v) is 17.8. The Labute approximate surface area is 168 Å². The number of hydrogen-bond acceptors (Lipinski definition) is 4. The number of likely N-dealkylation sites (tertiary alicyclic amines) is 1. The summed E-state index contributed by atoms with van der Waals surface area (Å²) in [7, 11) is -1.95. The van der Waals surface area contributed by atoms with Crippen LogP contribution in [0.15, 0.2) is 47.4 Å². The molecule has 1 N–H and O–H groups in total. The van der Waals surface area contributed by atoms with Crippen molar-refractivity contribution in [2.75, 3.05) is 31.5 Å². The molecule has 2 aromatic rings. The summed E-state index contributed by atoms with van der Waals surface area (Å²) >= 11 is 0. The monoisotopic (exact) mass is 402 g/mol. The Balaban J connectivity index is 1.86. The lowest BCUT2D eigenvalue weighted by Gasteiger charge is -2.33. The van der Waals surface area contributed by atoms with Gasteiger partial charge in [-0.15, -0.1) is 0 Å². The van der Waals surface area contributed by atoms with Crippen molar-refractivity contribution in [3.05, 3.63) is 53.6 Å².